The summed E-state index contributed by atoms with van der Waals surface area (Å²) in [5.74, 6) is -1.44. The van der Waals surface area contributed by atoms with Crippen molar-refractivity contribution in [2.45, 2.75) is 31.9 Å². The lowest BCUT2D eigenvalue weighted by atomic mass is 9.92. The summed E-state index contributed by atoms with van der Waals surface area (Å²) in [5.41, 5.74) is 1.80. The highest BCUT2D eigenvalue weighted by atomic mass is 16.5. The van der Waals surface area contributed by atoms with Gasteiger partial charge in [-0.15, -0.1) is 0 Å². The van der Waals surface area contributed by atoms with E-state index in [4.69, 9.17) is 9.15 Å². The van der Waals surface area contributed by atoms with Crippen molar-refractivity contribution < 1.29 is 23.8 Å². The van der Waals surface area contributed by atoms with E-state index in [9.17, 15) is 14.7 Å². The second kappa shape index (κ2) is 7.04. The van der Waals surface area contributed by atoms with Crippen LogP contribution in [0.25, 0.3) is 0 Å². The van der Waals surface area contributed by atoms with Gasteiger partial charge in [-0.05, 0) is 43.0 Å². The van der Waals surface area contributed by atoms with E-state index >= 15 is 0 Å². The van der Waals surface area contributed by atoms with Crippen LogP contribution in [0.2, 0.25) is 0 Å². The van der Waals surface area contributed by atoms with Gasteiger partial charge in [-0.1, -0.05) is 24.3 Å². The van der Waals surface area contributed by atoms with Crippen molar-refractivity contribution in [2.75, 3.05) is 13.2 Å². The quantitative estimate of drug-likeness (QED) is 0.820. The van der Waals surface area contributed by atoms with Gasteiger partial charge >= 0.3 is 0 Å². The van der Waals surface area contributed by atoms with Crippen LogP contribution in [0.15, 0.2) is 58.4 Å². The first-order valence-corrected chi connectivity index (χ1v) is 9.07. The Morgan fingerprint density at radius 1 is 1.26 bits per heavy atom. The Morgan fingerprint density at radius 2 is 2.07 bits per heavy atom. The Hall–Kier alpha value is -2.86. The van der Waals surface area contributed by atoms with Crippen molar-refractivity contribution in [3.8, 4) is 0 Å². The number of amides is 1. The van der Waals surface area contributed by atoms with Gasteiger partial charge in [-0.2, -0.15) is 0 Å². The largest absolute Gasteiger partial charge is 0.503 e. The highest BCUT2D eigenvalue weighted by molar-refractivity contribution is 6.15. The zero-order valence-corrected chi connectivity index (χ0v) is 15.1. The Kier molecular flexibility index (Phi) is 4.58. The van der Waals surface area contributed by atoms with Gasteiger partial charge in [0.15, 0.2) is 11.5 Å². The first kappa shape index (κ1) is 17.5. The summed E-state index contributed by atoms with van der Waals surface area (Å²) < 4.78 is 10.9. The molecule has 6 heteroatoms. The van der Waals surface area contributed by atoms with E-state index in [1.165, 1.54) is 12.3 Å². The Morgan fingerprint density at radius 3 is 2.74 bits per heavy atom. The van der Waals surface area contributed by atoms with Crippen molar-refractivity contribution in [1.29, 1.82) is 0 Å². The molecule has 1 saturated heterocycles. The third kappa shape index (κ3) is 3.06. The van der Waals surface area contributed by atoms with Crippen LogP contribution in [-0.4, -0.2) is 41.0 Å². The third-order valence-corrected chi connectivity index (χ3v) is 5.20. The molecular weight excluding hydrogens is 346 g/mol. The van der Waals surface area contributed by atoms with Crippen LogP contribution in [0.4, 0.5) is 0 Å². The van der Waals surface area contributed by atoms with E-state index in [0.717, 1.165) is 24.0 Å². The van der Waals surface area contributed by atoms with Gasteiger partial charge in [0.25, 0.3) is 5.91 Å². The van der Waals surface area contributed by atoms with Crippen molar-refractivity contribution in [1.82, 2.24) is 4.90 Å². The number of carbonyl (C=O) groups excluding carboxylic acids is 2. The number of Topliss-reactive ketones (excluding diaryl/α,β-unsaturated/α-hetero) is 1. The van der Waals surface area contributed by atoms with Gasteiger partial charge in [0.2, 0.25) is 5.78 Å². The lowest BCUT2D eigenvalue weighted by Gasteiger charge is -2.29. The lowest BCUT2D eigenvalue weighted by molar-refractivity contribution is -0.131. The molecule has 3 heterocycles. The molecule has 0 bridgehead atoms. The summed E-state index contributed by atoms with van der Waals surface area (Å²) in [5, 5.41) is 10.6. The number of hydrogen-bond donors (Lipinski definition) is 1. The second-order valence-electron chi connectivity index (χ2n) is 6.92. The van der Waals surface area contributed by atoms with Crippen molar-refractivity contribution in [3.05, 3.63) is 70.9 Å². The summed E-state index contributed by atoms with van der Waals surface area (Å²) in [7, 11) is 0. The topological polar surface area (TPSA) is 80.0 Å². The molecule has 2 atom stereocenters. The molecule has 1 N–H and O–H groups in total. The molecule has 2 aliphatic rings. The molecule has 1 fully saturated rings. The average Bonchev–Trinajstić information content (AvgIpc) is 3.40. The normalized spacial score (nSPS) is 22.7. The fraction of sp³-hybridized carbons (Fsp3) is 0.333. The molecule has 0 spiro atoms. The van der Waals surface area contributed by atoms with Gasteiger partial charge in [0.05, 0.1) is 24.0 Å². The van der Waals surface area contributed by atoms with Gasteiger partial charge in [0.1, 0.15) is 0 Å². The third-order valence-electron chi connectivity index (χ3n) is 5.20. The number of hydrogen-bond acceptors (Lipinski definition) is 5. The number of benzene rings is 1. The van der Waals surface area contributed by atoms with Crippen LogP contribution >= 0.6 is 0 Å². The SMILES string of the molecule is Cc1ccccc1C1C(C(=O)c2ccco2)=C(O)C(=O)N1CC1CCCO1. The van der Waals surface area contributed by atoms with E-state index in [-0.39, 0.29) is 17.4 Å². The van der Waals surface area contributed by atoms with Crippen LogP contribution in [-0.2, 0) is 9.53 Å². The van der Waals surface area contributed by atoms with E-state index in [2.05, 4.69) is 0 Å². The molecule has 4 rings (SSSR count). The van der Waals surface area contributed by atoms with Gasteiger partial charge in [-0.25, -0.2) is 0 Å². The van der Waals surface area contributed by atoms with Crippen molar-refractivity contribution >= 4 is 11.7 Å². The molecular formula is C21H21NO5. The highest BCUT2D eigenvalue weighted by Crippen LogP contribution is 2.40. The number of rotatable bonds is 5. The first-order valence-electron chi connectivity index (χ1n) is 9.07. The molecule has 2 unspecified atom stereocenters. The number of aryl methyl sites for hydroxylation is 1. The molecule has 1 aromatic heterocycles. The maximum absolute atomic E-state index is 13.0. The number of carbonyl (C=O) groups is 2. The fourth-order valence-corrected chi connectivity index (χ4v) is 3.84. The molecule has 2 aromatic rings. The number of ketones is 1. The lowest BCUT2D eigenvalue weighted by Crippen LogP contribution is -2.37. The summed E-state index contributed by atoms with van der Waals surface area (Å²) in [4.78, 5) is 27.4. The molecule has 1 aromatic carbocycles. The zero-order valence-electron chi connectivity index (χ0n) is 15.1. The Bertz CT molecular complexity index is 893. The molecule has 0 aliphatic carbocycles. The number of furan rings is 1. The molecule has 0 saturated carbocycles. The average molecular weight is 367 g/mol. The molecule has 2 aliphatic heterocycles. The summed E-state index contributed by atoms with van der Waals surface area (Å²) in [6.45, 7) is 2.92. The summed E-state index contributed by atoms with van der Waals surface area (Å²) in [6.07, 6.45) is 3.10. The van der Waals surface area contributed by atoms with Gasteiger partial charge in [0, 0.05) is 13.2 Å². The maximum Gasteiger partial charge on any atom is 0.290 e. The minimum Gasteiger partial charge on any atom is -0.503 e. The Balaban J connectivity index is 1.78. The fourth-order valence-electron chi connectivity index (χ4n) is 3.84. The number of aliphatic hydroxyl groups excluding tert-OH is 1. The van der Waals surface area contributed by atoms with Crippen molar-refractivity contribution in [2.24, 2.45) is 0 Å². The van der Waals surface area contributed by atoms with Crippen LogP contribution in [0.1, 0.15) is 40.6 Å². The maximum atomic E-state index is 13.0. The molecule has 0 radical (unpaired) electrons. The van der Waals surface area contributed by atoms with Crippen LogP contribution in [0, 0.1) is 6.92 Å². The molecule has 140 valence electrons. The Labute approximate surface area is 157 Å². The summed E-state index contributed by atoms with van der Waals surface area (Å²) in [6, 6.07) is 10.0. The smallest absolute Gasteiger partial charge is 0.290 e. The summed E-state index contributed by atoms with van der Waals surface area (Å²) >= 11 is 0. The molecule has 1 amide bonds. The zero-order chi connectivity index (χ0) is 19.0. The first-order chi connectivity index (χ1) is 13.1. The van der Waals surface area contributed by atoms with Crippen LogP contribution in [0.3, 0.4) is 0 Å². The van der Waals surface area contributed by atoms with Crippen molar-refractivity contribution in [3.63, 3.8) is 0 Å². The highest BCUT2D eigenvalue weighted by Gasteiger charge is 2.45. The predicted octanol–water partition coefficient (Wildman–Crippen LogP) is 3.35. The van der Waals surface area contributed by atoms with E-state index in [1.807, 2.05) is 31.2 Å². The van der Waals surface area contributed by atoms with Crippen LogP contribution in [0.5, 0.6) is 0 Å². The number of aliphatic hydroxyl groups is 1. The monoisotopic (exact) mass is 367 g/mol. The molecule has 6 nitrogen and oxygen atoms in total. The predicted molar refractivity (Wildman–Crippen MR) is 97.3 cm³/mol. The van der Waals surface area contributed by atoms with E-state index in [1.54, 1.807) is 11.0 Å². The van der Waals surface area contributed by atoms with Crippen LogP contribution < -0.4 is 0 Å². The second-order valence-corrected chi connectivity index (χ2v) is 6.92. The number of ether oxygens (including phenoxy) is 1. The van der Waals surface area contributed by atoms with Gasteiger partial charge < -0.3 is 19.2 Å². The standard InChI is InChI=1S/C21H21NO5/c1-13-6-2-3-8-15(13)18-17(19(23)16-9-5-11-27-16)20(24)21(25)22(18)12-14-7-4-10-26-14/h2-3,5-6,8-9,11,14,18,24H,4,7,10,12H2,1H3. The number of nitrogens with zero attached hydrogens (tertiary/aromatic N) is 1. The van der Waals surface area contributed by atoms with Gasteiger partial charge in [-0.3, -0.25) is 9.59 Å². The minimum atomic E-state index is -0.666. The molecule has 27 heavy (non-hydrogen) atoms. The van der Waals surface area contributed by atoms with E-state index in [0.29, 0.717) is 13.2 Å². The van der Waals surface area contributed by atoms with E-state index < -0.39 is 23.5 Å². The minimum absolute atomic E-state index is 0.0576.